The molecule has 0 radical (unpaired) electrons. The lowest BCUT2D eigenvalue weighted by molar-refractivity contribution is 0.195. The lowest BCUT2D eigenvalue weighted by atomic mass is 10.1. The molecule has 0 bridgehead atoms. The van der Waals surface area contributed by atoms with Crippen molar-refractivity contribution in [2.45, 2.75) is 26.5 Å². The van der Waals surface area contributed by atoms with Gasteiger partial charge in [0.2, 0.25) is 11.8 Å². The van der Waals surface area contributed by atoms with Crippen LogP contribution in [-0.2, 0) is 6.54 Å². The van der Waals surface area contributed by atoms with Gasteiger partial charge in [-0.15, -0.1) is 0 Å². The second-order valence-corrected chi connectivity index (χ2v) is 4.24. The topological polar surface area (TPSA) is 82.3 Å². The molecule has 0 saturated heterocycles. The Kier molecular flexibility index (Phi) is 4.19. The molecule has 1 unspecified atom stereocenters. The predicted molar refractivity (Wildman–Crippen MR) is 71.8 cm³/mol. The van der Waals surface area contributed by atoms with Crippen molar-refractivity contribution in [1.82, 2.24) is 19.7 Å². The van der Waals surface area contributed by atoms with E-state index in [0.717, 1.165) is 5.69 Å². The minimum atomic E-state index is -0.954. The Hall–Kier alpha value is -2.15. The van der Waals surface area contributed by atoms with Crippen molar-refractivity contribution in [1.29, 1.82) is 0 Å². The van der Waals surface area contributed by atoms with Crippen LogP contribution in [-0.4, -0.2) is 39.1 Å². The first kappa shape index (κ1) is 14.3. The number of hydrogen-bond acceptors (Lipinski definition) is 6. The summed E-state index contributed by atoms with van der Waals surface area (Å²) in [6, 6.07) is 1.82. The SMILES string of the molecule is CCn1nc(C)cc1C(O)c1ncc(OC)nc1OC. The van der Waals surface area contributed by atoms with E-state index in [0.29, 0.717) is 23.8 Å². The summed E-state index contributed by atoms with van der Waals surface area (Å²) in [5, 5.41) is 14.8. The first-order valence-electron chi connectivity index (χ1n) is 6.28. The maximum atomic E-state index is 10.5. The summed E-state index contributed by atoms with van der Waals surface area (Å²) >= 11 is 0. The number of rotatable bonds is 5. The van der Waals surface area contributed by atoms with E-state index in [4.69, 9.17) is 9.47 Å². The van der Waals surface area contributed by atoms with E-state index < -0.39 is 6.10 Å². The Balaban J connectivity index is 2.44. The van der Waals surface area contributed by atoms with Crippen LogP contribution in [0.2, 0.25) is 0 Å². The van der Waals surface area contributed by atoms with Crippen molar-refractivity contribution in [3.63, 3.8) is 0 Å². The van der Waals surface area contributed by atoms with Crippen molar-refractivity contribution in [3.8, 4) is 11.8 Å². The van der Waals surface area contributed by atoms with Crippen LogP contribution < -0.4 is 9.47 Å². The summed E-state index contributed by atoms with van der Waals surface area (Å²) < 4.78 is 11.9. The molecule has 2 aromatic rings. The number of aliphatic hydroxyl groups excluding tert-OH is 1. The van der Waals surface area contributed by atoms with Crippen LogP contribution in [0.4, 0.5) is 0 Å². The van der Waals surface area contributed by atoms with Crippen LogP contribution in [0.5, 0.6) is 11.8 Å². The zero-order chi connectivity index (χ0) is 14.7. The third-order valence-electron chi connectivity index (χ3n) is 2.92. The average molecular weight is 278 g/mol. The van der Waals surface area contributed by atoms with Gasteiger partial charge in [0.15, 0.2) is 0 Å². The monoisotopic (exact) mass is 278 g/mol. The van der Waals surface area contributed by atoms with Crippen molar-refractivity contribution in [2.24, 2.45) is 0 Å². The molecule has 0 aromatic carbocycles. The Morgan fingerprint density at radius 2 is 2.10 bits per heavy atom. The number of aryl methyl sites for hydroxylation is 2. The van der Waals surface area contributed by atoms with E-state index in [1.54, 1.807) is 4.68 Å². The molecule has 20 heavy (non-hydrogen) atoms. The van der Waals surface area contributed by atoms with E-state index in [1.165, 1.54) is 20.4 Å². The van der Waals surface area contributed by atoms with Gasteiger partial charge in [-0.3, -0.25) is 4.68 Å². The van der Waals surface area contributed by atoms with E-state index >= 15 is 0 Å². The van der Waals surface area contributed by atoms with Crippen LogP contribution >= 0.6 is 0 Å². The summed E-state index contributed by atoms with van der Waals surface area (Å²) in [4.78, 5) is 8.30. The molecule has 7 heteroatoms. The first-order valence-corrected chi connectivity index (χ1v) is 6.28. The van der Waals surface area contributed by atoms with E-state index in [-0.39, 0.29) is 5.88 Å². The minimum absolute atomic E-state index is 0.235. The van der Waals surface area contributed by atoms with Gasteiger partial charge in [0.05, 0.1) is 31.8 Å². The van der Waals surface area contributed by atoms with Gasteiger partial charge in [-0.25, -0.2) is 4.98 Å². The number of hydrogen-bond donors (Lipinski definition) is 1. The predicted octanol–water partition coefficient (Wildman–Crippen LogP) is 1.10. The highest BCUT2D eigenvalue weighted by Gasteiger charge is 2.23. The van der Waals surface area contributed by atoms with E-state index in [2.05, 4.69) is 15.1 Å². The molecule has 7 nitrogen and oxygen atoms in total. The summed E-state index contributed by atoms with van der Waals surface area (Å²) in [7, 11) is 2.97. The van der Waals surface area contributed by atoms with Crippen molar-refractivity contribution in [2.75, 3.05) is 14.2 Å². The van der Waals surface area contributed by atoms with Gasteiger partial charge in [0.1, 0.15) is 11.8 Å². The van der Waals surface area contributed by atoms with Gasteiger partial charge >= 0.3 is 0 Å². The molecular weight excluding hydrogens is 260 g/mol. The Morgan fingerprint density at radius 3 is 2.70 bits per heavy atom. The van der Waals surface area contributed by atoms with E-state index in [9.17, 15) is 5.11 Å². The smallest absolute Gasteiger partial charge is 0.241 e. The largest absolute Gasteiger partial charge is 0.480 e. The van der Waals surface area contributed by atoms with Gasteiger partial charge in [-0.05, 0) is 19.9 Å². The van der Waals surface area contributed by atoms with Gasteiger partial charge in [0, 0.05) is 6.54 Å². The summed E-state index contributed by atoms with van der Waals surface area (Å²) in [5.74, 6) is 0.566. The molecule has 2 heterocycles. The molecule has 0 amide bonds. The average Bonchev–Trinajstić information content (AvgIpc) is 2.86. The Bertz CT molecular complexity index is 597. The maximum Gasteiger partial charge on any atom is 0.241 e. The normalized spacial score (nSPS) is 12.2. The van der Waals surface area contributed by atoms with Crippen LogP contribution in [0, 0.1) is 6.92 Å². The second kappa shape index (κ2) is 5.87. The van der Waals surface area contributed by atoms with Gasteiger partial charge in [0.25, 0.3) is 0 Å². The molecule has 0 spiro atoms. The molecule has 0 aliphatic heterocycles. The molecule has 0 fully saturated rings. The van der Waals surface area contributed by atoms with Crippen LogP contribution in [0.1, 0.15) is 30.1 Å². The molecule has 1 atom stereocenters. The first-order chi connectivity index (χ1) is 9.60. The third-order valence-corrected chi connectivity index (χ3v) is 2.92. The van der Waals surface area contributed by atoms with Crippen LogP contribution in [0.3, 0.4) is 0 Å². The fraction of sp³-hybridized carbons (Fsp3) is 0.462. The van der Waals surface area contributed by atoms with Crippen LogP contribution in [0.25, 0.3) is 0 Å². The quantitative estimate of drug-likeness (QED) is 0.882. The lowest BCUT2D eigenvalue weighted by Crippen LogP contribution is -2.12. The highest BCUT2D eigenvalue weighted by Crippen LogP contribution is 2.28. The molecular formula is C13H18N4O3. The van der Waals surface area contributed by atoms with Gasteiger partial charge < -0.3 is 14.6 Å². The van der Waals surface area contributed by atoms with Gasteiger partial charge in [-0.2, -0.15) is 10.1 Å². The fourth-order valence-electron chi connectivity index (χ4n) is 1.98. The second-order valence-electron chi connectivity index (χ2n) is 4.24. The minimum Gasteiger partial charge on any atom is -0.480 e. The molecule has 2 rings (SSSR count). The Labute approximate surface area is 117 Å². The highest BCUT2D eigenvalue weighted by molar-refractivity contribution is 5.30. The molecule has 0 aliphatic rings. The molecule has 2 aromatic heterocycles. The summed E-state index contributed by atoms with van der Waals surface area (Å²) in [6.07, 6.45) is 0.491. The zero-order valence-corrected chi connectivity index (χ0v) is 12.0. The van der Waals surface area contributed by atoms with Crippen LogP contribution in [0.15, 0.2) is 12.3 Å². The van der Waals surface area contributed by atoms with Crippen molar-refractivity contribution < 1.29 is 14.6 Å². The summed E-state index contributed by atoms with van der Waals surface area (Å²) in [6.45, 7) is 4.49. The van der Waals surface area contributed by atoms with Crippen molar-refractivity contribution >= 4 is 0 Å². The number of aromatic nitrogens is 4. The number of aliphatic hydroxyl groups is 1. The fourth-order valence-corrected chi connectivity index (χ4v) is 1.98. The lowest BCUT2D eigenvalue weighted by Gasteiger charge is -2.14. The zero-order valence-electron chi connectivity index (χ0n) is 12.0. The number of nitrogens with zero attached hydrogens (tertiary/aromatic N) is 4. The van der Waals surface area contributed by atoms with Gasteiger partial charge in [-0.1, -0.05) is 0 Å². The molecule has 0 aliphatic carbocycles. The van der Waals surface area contributed by atoms with E-state index in [1.807, 2.05) is 19.9 Å². The maximum absolute atomic E-state index is 10.5. The Morgan fingerprint density at radius 1 is 1.35 bits per heavy atom. The number of ether oxygens (including phenoxy) is 2. The molecule has 0 saturated carbocycles. The standard InChI is InChI=1S/C13H18N4O3/c1-5-17-9(6-8(2)16-17)12(18)11-13(20-4)15-10(19-3)7-14-11/h6-7,12,18H,5H2,1-4H3. The van der Waals surface area contributed by atoms with Crippen molar-refractivity contribution in [3.05, 3.63) is 29.3 Å². The number of methoxy groups -OCH3 is 2. The summed E-state index contributed by atoms with van der Waals surface area (Å²) in [5.41, 5.74) is 1.83. The highest BCUT2D eigenvalue weighted by atomic mass is 16.5. The molecule has 1 N–H and O–H groups in total. The third kappa shape index (κ3) is 2.57. The molecule has 108 valence electrons.